The molecule has 0 aliphatic rings. The lowest BCUT2D eigenvalue weighted by atomic mass is 10.1. The number of carbonyl (C=O) groups is 1. The number of rotatable bonds is 10. The van der Waals surface area contributed by atoms with Crippen molar-refractivity contribution in [2.45, 2.75) is 32.4 Å². The van der Waals surface area contributed by atoms with Crippen LogP contribution in [0.25, 0.3) is 0 Å². The maximum atomic E-state index is 11.1. The average molecular weight is 372 g/mol. The fourth-order valence-electron chi connectivity index (χ4n) is 2.00. The van der Waals surface area contributed by atoms with E-state index < -0.39 is 12.0 Å². The van der Waals surface area contributed by atoms with Gasteiger partial charge in [0.2, 0.25) is 0 Å². The molecule has 1 rings (SSSR count). The molecular formula is C16H22BrNO4. The SMILES string of the molecule is C=CCOc1c(Br)cc(CNC(CCC)C(=O)O)cc1OC. The summed E-state index contributed by atoms with van der Waals surface area (Å²) in [5.41, 5.74) is 0.914. The summed E-state index contributed by atoms with van der Waals surface area (Å²) in [6.45, 7) is 6.39. The highest BCUT2D eigenvalue weighted by molar-refractivity contribution is 9.10. The number of halogens is 1. The Morgan fingerprint density at radius 3 is 2.82 bits per heavy atom. The first kappa shape index (κ1) is 18.5. The minimum Gasteiger partial charge on any atom is -0.493 e. The third kappa shape index (κ3) is 5.35. The zero-order valence-corrected chi connectivity index (χ0v) is 14.5. The Labute approximate surface area is 139 Å². The summed E-state index contributed by atoms with van der Waals surface area (Å²) in [7, 11) is 1.57. The van der Waals surface area contributed by atoms with E-state index in [2.05, 4.69) is 27.8 Å². The molecule has 1 unspecified atom stereocenters. The Bertz CT molecular complexity index is 519. The molecule has 0 heterocycles. The molecule has 0 aromatic heterocycles. The quantitative estimate of drug-likeness (QED) is 0.617. The average Bonchev–Trinajstić information content (AvgIpc) is 2.49. The third-order valence-corrected chi connectivity index (χ3v) is 3.65. The fourth-order valence-corrected chi connectivity index (χ4v) is 2.60. The van der Waals surface area contributed by atoms with Crippen LogP contribution in [0.1, 0.15) is 25.3 Å². The molecule has 0 fully saturated rings. The van der Waals surface area contributed by atoms with Crippen molar-refractivity contribution in [3.05, 3.63) is 34.8 Å². The van der Waals surface area contributed by atoms with Gasteiger partial charge in [-0.25, -0.2) is 0 Å². The largest absolute Gasteiger partial charge is 0.493 e. The van der Waals surface area contributed by atoms with Gasteiger partial charge in [0.05, 0.1) is 11.6 Å². The van der Waals surface area contributed by atoms with Crippen molar-refractivity contribution in [2.24, 2.45) is 0 Å². The molecule has 0 spiro atoms. The van der Waals surface area contributed by atoms with Crippen LogP contribution in [0, 0.1) is 0 Å². The van der Waals surface area contributed by atoms with E-state index in [-0.39, 0.29) is 0 Å². The second-order valence-electron chi connectivity index (χ2n) is 4.77. The number of benzene rings is 1. The van der Waals surface area contributed by atoms with Gasteiger partial charge in [0, 0.05) is 6.54 Å². The lowest BCUT2D eigenvalue weighted by Crippen LogP contribution is -2.36. The van der Waals surface area contributed by atoms with Gasteiger partial charge in [-0.15, -0.1) is 0 Å². The van der Waals surface area contributed by atoms with Crippen LogP contribution in [0.4, 0.5) is 0 Å². The van der Waals surface area contributed by atoms with Gasteiger partial charge in [0.25, 0.3) is 0 Å². The number of ether oxygens (including phenoxy) is 2. The summed E-state index contributed by atoms with van der Waals surface area (Å²) in [5.74, 6) is 0.365. The first-order chi connectivity index (χ1) is 10.5. The highest BCUT2D eigenvalue weighted by Gasteiger charge is 2.16. The monoisotopic (exact) mass is 371 g/mol. The normalized spacial score (nSPS) is 11.8. The van der Waals surface area contributed by atoms with Crippen LogP contribution in [-0.4, -0.2) is 30.8 Å². The van der Waals surface area contributed by atoms with E-state index in [9.17, 15) is 4.79 Å². The Kier molecular flexibility index (Phi) is 7.98. The predicted molar refractivity (Wildman–Crippen MR) is 89.6 cm³/mol. The molecule has 1 aromatic rings. The van der Waals surface area contributed by atoms with Crippen molar-refractivity contribution in [3.63, 3.8) is 0 Å². The van der Waals surface area contributed by atoms with E-state index >= 15 is 0 Å². The second-order valence-corrected chi connectivity index (χ2v) is 5.62. The first-order valence-corrected chi connectivity index (χ1v) is 7.89. The molecule has 0 radical (unpaired) electrons. The van der Waals surface area contributed by atoms with E-state index in [1.807, 2.05) is 19.1 Å². The molecule has 0 saturated heterocycles. The third-order valence-electron chi connectivity index (χ3n) is 3.06. The lowest BCUT2D eigenvalue weighted by molar-refractivity contribution is -0.139. The zero-order valence-electron chi connectivity index (χ0n) is 12.9. The predicted octanol–water partition coefficient (Wildman–Crippen LogP) is 3.37. The smallest absolute Gasteiger partial charge is 0.320 e. The Balaban J connectivity index is 2.85. The molecule has 1 atom stereocenters. The van der Waals surface area contributed by atoms with E-state index in [0.29, 0.717) is 31.1 Å². The van der Waals surface area contributed by atoms with Gasteiger partial charge in [0.1, 0.15) is 12.6 Å². The highest BCUT2D eigenvalue weighted by Crippen LogP contribution is 2.36. The maximum absolute atomic E-state index is 11.1. The van der Waals surface area contributed by atoms with Crippen LogP contribution in [0.2, 0.25) is 0 Å². The summed E-state index contributed by atoms with van der Waals surface area (Å²) >= 11 is 3.45. The van der Waals surface area contributed by atoms with Gasteiger partial charge in [-0.1, -0.05) is 26.0 Å². The number of nitrogens with one attached hydrogen (secondary N) is 1. The molecule has 1 aromatic carbocycles. The van der Waals surface area contributed by atoms with Crippen LogP contribution < -0.4 is 14.8 Å². The van der Waals surface area contributed by atoms with E-state index in [1.165, 1.54) is 0 Å². The van der Waals surface area contributed by atoms with E-state index in [4.69, 9.17) is 14.6 Å². The van der Waals surface area contributed by atoms with Gasteiger partial charge in [0.15, 0.2) is 11.5 Å². The van der Waals surface area contributed by atoms with Crippen molar-refractivity contribution in [1.29, 1.82) is 0 Å². The van der Waals surface area contributed by atoms with Crippen LogP contribution in [0.15, 0.2) is 29.3 Å². The van der Waals surface area contributed by atoms with Crippen molar-refractivity contribution < 1.29 is 19.4 Å². The van der Waals surface area contributed by atoms with Crippen molar-refractivity contribution in [2.75, 3.05) is 13.7 Å². The topological polar surface area (TPSA) is 67.8 Å². The van der Waals surface area contributed by atoms with Gasteiger partial charge in [-0.3, -0.25) is 4.79 Å². The molecular weight excluding hydrogens is 350 g/mol. The summed E-state index contributed by atoms with van der Waals surface area (Å²) in [4.78, 5) is 11.1. The van der Waals surface area contributed by atoms with Crippen LogP contribution in [-0.2, 0) is 11.3 Å². The number of methoxy groups -OCH3 is 1. The second kappa shape index (κ2) is 9.48. The van der Waals surface area contributed by atoms with E-state index in [1.54, 1.807) is 13.2 Å². The van der Waals surface area contributed by atoms with Gasteiger partial charge in [-0.05, 0) is 40.0 Å². The van der Waals surface area contributed by atoms with Gasteiger partial charge >= 0.3 is 5.97 Å². The van der Waals surface area contributed by atoms with Crippen molar-refractivity contribution in [3.8, 4) is 11.5 Å². The summed E-state index contributed by atoms with van der Waals surface area (Å²) in [6, 6.07) is 3.17. The molecule has 0 aliphatic carbocycles. The molecule has 5 nitrogen and oxygen atoms in total. The molecule has 2 N–H and O–H groups in total. The van der Waals surface area contributed by atoms with Gasteiger partial charge in [-0.2, -0.15) is 0 Å². The zero-order chi connectivity index (χ0) is 16.5. The molecule has 22 heavy (non-hydrogen) atoms. The number of carboxylic acid groups (broad SMARTS) is 1. The van der Waals surface area contributed by atoms with Crippen molar-refractivity contribution in [1.82, 2.24) is 5.32 Å². The van der Waals surface area contributed by atoms with Gasteiger partial charge < -0.3 is 19.9 Å². The summed E-state index contributed by atoms with van der Waals surface area (Å²) in [6.07, 6.45) is 3.06. The van der Waals surface area contributed by atoms with Crippen LogP contribution >= 0.6 is 15.9 Å². The lowest BCUT2D eigenvalue weighted by Gasteiger charge is -2.16. The van der Waals surface area contributed by atoms with Crippen LogP contribution in [0.3, 0.4) is 0 Å². The molecule has 0 amide bonds. The first-order valence-electron chi connectivity index (χ1n) is 7.09. The highest BCUT2D eigenvalue weighted by atomic mass is 79.9. The Morgan fingerprint density at radius 1 is 1.55 bits per heavy atom. The summed E-state index contributed by atoms with van der Waals surface area (Å²) < 4.78 is 11.7. The number of hydrogen-bond acceptors (Lipinski definition) is 4. The van der Waals surface area contributed by atoms with E-state index in [0.717, 1.165) is 16.5 Å². The van der Waals surface area contributed by atoms with Crippen molar-refractivity contribution >= 4 is 21.9 Å². The number of carboxylic acids is 1. The molecule has 6 heteroatoms. The minimum absolute atomic E-state index is 0.379. The molecule has 0 aliphatic heterocycles. The minimum atomic E-state index is -0.834. The Morgan fingerprint density at radius 2 is 2.27 bits per heavy atom. The fraction of sp³-hybridized carbons (Fsp3) is 0.438. The Hall–Kier alpha value is -1.53. The van der Waals surface area contributed by atoms with Crippen LogP contribution in [0.5, 0.6) is 11.5 Å². The molecule has 0 saturated carbocycles. The summed E-state index contributed by atoms with van der Waals surface area (Å²) in [5, 5.41) is 12.2. The number of aliphatic carboxylic acids is 1. The molecule has 0 bridgehead atoms. The number of hydrogen-bond donors (Lipinski definition) is 2. The standard InChI is InChI=1S/C16H22BrNO4/c1-4-6-13(16(19)20)18-10-11-8-12(17)15(22-7-5-2)14(9-11)21-3/h5,8-9,13,18H,2,4,6-7,10H2,1,3H3,(H,19,20). The maximum Gasteiger partial charge on any atom is 0.320 e. The molecule has 122 valence electrons.